The van der Waals surface area contributed by atoms with Gasteiger partial charge in [0.05, 0.1) is 4.91 Å². The highest BCUT2D eigenvalue weighted by Crippen LogP contribution is 2.37. The highest BCUT2D eigenvalue weighted by molar-refractivity contribution is 8.18. The van der Waals surface area contributed by atoms with Gasteiger partial charge in [-0.1, -0.05) is 31.4 Å². The van der Waals surface area contributed by atoms with E-state index in [4.69, 9.17) is 0 Å². The fourth-order valence-corrected chi connectivity index (χ4v) is 4.29. The largest absolute Gasteiger partial charge is 0.293 e. The lowest BCUT2D eigenvalue weighted by Gasteiger charge is -2.32. The maximum Gasteiger partial charge on any atom is 0.293 e. The molecule has 0 spiro atoms. The minimum absolute atomic E-state index is 0.0538. The average molecular weight is 333 g/mol. The number of amides is 2. The predicted octanol–water partition coefficient (Wildman–Crippen LogP) is 4.83. The quantitative estimate of drug-likeness (QED) is 0.743. The second-order valence-electron chi connectivity index (χ2n) is 6.24. The van der Waals surface area contributed by atoms with Gasteiger partial charge in [0.25, 0.3) is 11.1 Å². The molecule has 2 amide bonds. The molecule has 1 aliphatic heterocycles. The summed E-state index contributed by atoms with van der Waals surface area (Å²) in [7, 11) is 0. The molecule has 3 nitrogen and oxygen atoms in total. The Bertz CT molecular complexity index is 635. The lowest BCUT2D eigenvalue weighted by molar-refractivity contribution is -0.125. The first-order valence-corrected chi connectivity index (χ1v) is 8.90. The van der Waals surface area contributed by atoms with Crippen molar-refractivity contribution in [3.8, 4) is 0 Å². The first-order chi connectivity index (χ1) is 11.1. The van der Waals surface area contributed by atoms with Crippen molar-refractivity contribution in [1.82, 2.24) is 4.90 Å². The molecule has 0 N–H and O–H groups in total. The molecule has 1 atom stereocenters. The van der Waals surface area contributed by atoms with E-state index < -0.39 is 0 Å². The van der Waals surface area contributed by atoms with Gasteiger partial charge in [-0.25, -0.2) is 4.39 Å². The van der Waals surface area contributed by atoms with E-state index in [2.05, 4.69) is 0 Å². The molecule has 1 aromatic carbocycles. The average Bonchev–Trinajstić information content (AvgIpc) is 2.84. The molecule has 1 aromatic rings. The number of thioether (sulfide) groups is 1. The summed E-state index contributed by atoms with van der Waals surface area (Å²) in [5.41, 5.74) is 0.724. The van der Waals surface area contributed by atoms with Gasteiger partial charge < -0.3 is 0 Å². The zero-order chi connectivity index (χ0) is 16.4. The van der Waals surface area contributed by atoms with Crippen LogP contribution in [0.2, 0.25) is 0 Å². The summed E-state index contributed by atoms with van der Waals surface area (Å²) in [5.74, 6) is -0.133. The van der Waals surface area contributed by atoms with Crippen LogP contribution in [-0.4, -0.2) is 22.1 Å². The molecule has 0 bridgehead atoms. The zero-order valence-electron chi connectivity index (χ0n) is 13.1. The van der Waals surface area contributed by atoms with Crippen molar-refractivity contribution in [2.45, 2.75) is 45.1 Å². The summed E-state index contributed by atoms with van der Waals surface area (Å²) in [4.78, 5) is 26.7. The van der Waals surface area contributed by atoms with Crippen LogP contribution in [-0.2, 0) is 4.79 Å². The number of halogens is 1. The molecule has 2 fully saturated rings. The van der Waals surface area contributed by atoms with Crippen molar-refractivity contribution >= 4 is 29.0 Å². The topological polar surface area (TPSA) is 37.4 Å². The van der Waals surface area contributed by atoms with Gasteiger partial charge in [0, 0.05) is 6.04 Å². The van der Waals surface area contributed by atoms with Crippen molar-refractivity contribution in [2.75, 3.05) is 0 Å². The Morgan fingerprint density at radius 2 is 1.83 bits per heavy atom. The van der Waals surface area contributed by atoms with E-state index in [9.17, 15) is 14.0 Å². The minimum Gasteiger partial charge on any atom is -0.268 e. The van der Waals surface area contributed by atoms with Gasteiger partial charge >= 0.3 is 0 Å². The number of hydrogen-bond donors (Lipinski definition) is 0. The third-order valence-electron chi connectivity index (χ3n) is 4.73. The van der Waals surface area contributed by atoms with Gasteiger partial charge in [0.1, 0.15) is 5.82 Å². The van der Waals surface area contributed by atoms with Crippen molar-refractivity contribution < 1.29 is 14.0 Å². The summed E-state index contributed by atoms with van der Waals surface area (Å²) < 4.78 is 13.0. The number of benzene rings is 1. The molecule has 1 heterocycles. The van der Waals surface area contributed by atoms with Gasteiger partial charge in [0.15, 0.2) is 0 Å². The lowest BCUT2D eigenvalue weighted by Crippen LogP contribution is -2.42. The van der Waals surface area contributed by atoms with Gasteiger partial charge in [-0.2, -0.15) is 0 Å². The van der Waals surface area contributed by atoms with Crippen LogP contribution in [0.3, 0.4) is 0 Å². The Morgan fingerprint density at radius 3 is 2.48 bits per heavy atom. The Kier molecular flexibility index (Phi) is 4.85. The van der Waals surface area contributed by atoms with E-state index >= 15 is 0 Å². The second-order valence-corrected chi connectivity index (χ2v) is 7.24. The van der Waals surface area contributed by atoms with Crippen molar-refractivity contribution in [3.05, 3.63) is 40.6 Å². The highest BCUT2D eigenvalue weighted by Gasteiger charge is 2.40. The molecule has 23 heavy (non-hydrogen) atoms. The van der Waals surface area contributed by atoms with Crippen LogP contribution in [0.15, 0.2) is 29.2 Å². The molecule has 1 saturated carbocycles. The maximum absolute atomic E-state index is 13.0. The second kappa shape index (κ2) is 6.87. The zero-order valence-corrected chi connectivity index (χ0v) is 13.9. The van der Waals surface area contributed by atoms with Crippen LogP contribution >= 0.6 is 11.8 Å². The molecule has 1 unspecified atom stereocenters. The lowest BCUT2D eigenvalue weighted by atomic mass is 9.84. The van der Waals surface area contributed by atoms with Crippen LogP contribution in [0.5, 0.6) is 0 Å². The molecule has 0 radical (unpaired) electrons. The van der Waals surface area contributed by atoms with Crippen LogP contribution in [0.4, 0.5) is 9.18 Å². The molecular formula is C18H20FNO2S. The van der Waals surface area contributed by atoms with Gasteiger partial charge in [-0.3, -0.25) is 14.5 Å². The highest BCUT2D eigenvalue weighted by atomic mass is 32.2. The SMILES string of the molecule is CC(C1CCCCC1)N1C(=O)SC(=Cc2ccc(F)cc2)C1=O. The molecule has 5 heteroatoms. The molecule has 1 saturated heterocycles. The van der Waals surface area contributed by atoms with Crippen LogP contribution in [0.25, 0.3) is 6.08 Å². The number of imide groups is 1. The number of nitrogens with zero attached hydrogens (tertiary/aromatic N) is 1. The molecule has 122 valence electrons. The van der Waals surface area contributed by atoms with E-state index in [-0.39, 0.29) is 23.0 Å². The van der Waals surface area contributed by atoms with E-state index in [1.807, 2.05) is 6.92 Å². The number of rotatable bonds is 3. The summed E-state index contributed by atoms with van der Waals surface area (Å²) in [6, 6.07) is 5.85. The van der Waals surface area contributed by atoms with Gasteiger partial charge in [-0.15, -0.1) is 0 Å². The summed E-state index contributed by atoms with van der Waals surface area (Å²) in [6.07, 6.45) is 7.43. The fourth-order valence-electron chi connectivity index (χ4n) is 3.37. The Labute approximate surface area is 139 Å². The summed E-state index contributed by atoms with van der Waals surface area (Å²) >= 11 is 0.978. The molecular weight excluding hydrogens is 313 g/mol. The Balaban J connectivity index is 1.77. The smallest absolute Gasteiger partial charge is 0.268 e. The fraction of sp³-hybridized carbons (Fsp3) is 0.444. The van der Waals surface area contributed by atoms with E-state index in [0.717, 1.165) is 30.2 Å². The Hall–Kier alpha value is -1.62. The number of carbonyl (C=O) groups excluding carboxylic acids is 2. The molecule has 2 aliphatic rings. The molecule has 1 aliphatic carbocycles. The molecule has 3 rings (SSSR count). The number of carbonyl (C=O) groups is 2. The predicted molar refractivity (Wildman–Crippen MR) is 90.2 cm³/mol. The van der Waals surface area contributed by atoms with Crippen molar-refractivity contribution in [1.29, 1.82) is 0 Å². The third kappa shape index (κ3) is 3.50. The summed E-state index contributed by atoms with van der Waals surface area (Å²) in [6.45, 7) is 1.98. The van der Waals surface area contributed by atoms with Gasteiger partial charge in [-0.05, 0) is 61.2 Å². The van der Waals surface area contributed by atoms with Gasteiger partial charge in [0.2, 0.25) is 0 Å². The van der Waals surface area contributed by atoms with E-state index in [1.54, 1.807) is 18.2 Å². The van der Waals surface area contributed by atoms with Crippen LogP contribution < -0.4 is 0 Å². The first kappa shape index (κ1) is 16.2. The maximum atomic E-state index is 13.0. The monoisotopic (exact) mass is 333 g/mol. The minimum atomic E-state index is -0.318. The number of hydrogen-bond acceptors (Lipinski definition) is 3. The van der Waals surface area contributed by atoms with Crippen LogP contribution in [0.1, 0.15) is 44.6 Å². The normalized spacial score (nSPS) is 22.9. The van der Waals surface area contributed by atoms with Crippen molar-refractivity contribution in [3.63, 3.8) is 0 Å². The first-order valence-electron chi connectivity index (χ1n) is 8.09. The van der Waals surface area contributed by atoms with E-state index in [1.165, 1.54) is 36.3 Å². The van der Waals surface area contributed by atoms with Crippen LogP contribution in [0, 0.1) is 11.7 Å². The standard InChI is InChI=1S/C18H20FNO2S/c1-12(14-5-3-2-4-6-14)20-17(21)16(23-18(20)22)11-13-7-9-15(19)10-8-13/h7-12,14H,2-6H2,1H3. The van der Waals surface area contributed by atoms with E-state index in [0.29, 0.717) is 10.8 Å². The third-order valence-corrected chi connectivity index (χ3v) is 5.61. The van der Waals surface area contributed by atoms with Crippen molar-refractivity contribution in [2.24, 2.45) is 5.92 Å². The Morgan fingerprint density at radius 1 is 1.17 bits per heavy atom. The summed E-state index contributed by atoms with van der Waals surface area (Å²) in [5, 5.41) is -0.193. The molecule has 0 aromatic heterocycles.